The van der Waals surface area contributed by atoms with Gasteiger partial charge in [-0.1, -0.05) is 0 Å². The molecule has 0 saturated carbocycles. The van der Waals surface area contributed by atoms with Crippen LogP contribution in [0.25, 0.3) is 0 Å². The van der Waals surface area contributed by atoms with E-state index in [9.17, 15) is 0 Å². The van der Waals surface area contributed by atoms with Crippen LogP contribution in [-0.4, -0.2) is 15.0 Å². The summed E-state index contributed by atoms with van der Waals surface area (Å²) in [6.45, 7) is 0. The van der Waals surface area contributed by atoms with E-state index in [-0.39, 0.29) is 11.6 Å². The fourth-order valence-electron chi connectivity index (χ4n) is 1.21. The van der Waals surface area contributed by atoms with Crippen LogP contribution in [0.3, 0.4) is 0 Å². The largest absolute Gasteiger partial charge is 0.396 e. The predicted octanol–water partition coefficient (Wildman–Crippen LogP) is 0.641. The molecule has 0 fully saturated rings. The molecule has 0 aromatic carbocycles. The van der Waals surface area contributed by atoms with Crippen molar-refractivity contribution in [3.8, 4) is 6.07 Å². The molecule has 0 radical (unpaired) electrons. The Kier molecular flexibility index (Phi) is 3.16. The zero-order valence-electron chi connectivity index (χ0n) is 9.16. The van der Waals surface area contributed by atoms with Crippen molar-refractivity contribution in [2.24, 2.45) is 0 Å². The standard InChI is InChI=1S/C10H9N7S/c11-3-5-1-6(12)9(15-4-5)18-10-16-7(13)2-8(14)17-10/h1-2,4H,12H2,(H4,13,14,16,17). The number of nitriles is 1. The first-order chi connectivity index (χ1) is 8.58. The van der Waals surface area contributed by atoms with Crippen molar-refractivity contribution in [2.45, 2.75) is 10.2 Å². The molecule has 0 aliphatic carbocycles. The molecule has 2 heterocycles. The van der Waals surface area contributed by atoms with Crippen molar-refractivity contribution in [1.29, 1.82) is 5.26 Å². The fraction of sp³-hybridized carbons (Fsp3) is 0. The molecule has 18 heavy (non-hydrogen) atoms. The lowest BCUT2D eigenvalue weighted by Gasteiger charge is -2.04. The molecular formula is C10H9N7S. The molecule has 0 bridgehead atoms. The summed E-state index contributed by atoms with van der Waals surface area (Å²) in [4.78, 5) is 12.1. The zero-order valence-corrected chi connectivity index (χ0v) is 9.98. The van der Waals surface area contributed by atoms with Gasteiger partial charge in [0.05, 0.1) is 11.3 Å². The second-order valence-electron chi connectivity index (χ2n) is 3.33. The molecule has 2 rings (SSSR count). The highest BCUT2D eigenvalue weighted by molar-refractivity contribution is 7.99. The molecule has 8 heteroatoms. The highest BCUT2D eigenvalue weighted by Crippen LogP contribution is 2.28. The van der Waals surface area contributed by atoms with Crippen LogP contribution in [0.5, 0.6) is 0 Å². The first kappa shape index (κ1) is 11.9. The third kappa shape index (κ3) is 2.58. The summed E-state index contributed by atoms with van der Waals surface area (Å²) in [6, 6.07) is 4.94. The van der Waals surface area contributed by atoms with Crippen molar-refractivity contribution in [3.63, 3.8) is 0 Å². The van der Waals surface area contributed by atoms with Gasteiger partial charge in [-0.2, -0.15) is 5.26 Å². The summed E-state index contributed by atoms with van der Waals surface area (Å²) >= 11 is 1.13. The Morgan fingerprint density at radius 2 is 1.78 bits per heavy atom. The molecule has 0 aliphatic rings. The van der Waals surface area contributed by atoms with Gasteiger partial charge >= 0.3 is 0 Å². The molecule has 6 N–H and O–H groups in total. The predicted molar refractivity (Wildman–Crippen MR) is 68.3 cm³/mol. The Morgan fingerprint density at radius 3 is 2.33 bits per heavy atom. The molecule has 2 aromatic heterocycles. The molecule has 7 nitrogen and oxygen atoms in total. The van der Waals surface area contributed by atoms with E-state index in [4.69, 9.17) is 22.5 Å². The van der Waals surface area contributed by atoms with Gasteiger partial charge in [-0.05, 0) is 17.8 Å². The van der Waals surface area contributed by atoms with Crippen molar-refractivity contribution in [1.82, 2.24) is 15.0 Å². The van der Waals surface area contributed by atoms with E-state index in [2.05, 4.69) is 15.0 Å². The van der Waals surface area contributed by atoms with Crippen LogP contribution >= 0.6 is 11.8 Å². The minimum atomic E-state index is 0.275. The number of hydrogen-bond donors (Lipinski definition) is 3. The second kappa shape index (κ2) is 4.77. The number of rotatable bonds is 2. The van der Waals surface area contributed by atoms with Crippen LogP contribution in [0.4, 0.5) is 17.3 Å². The van der Waals surface area contributed by atoms with Gasteiger partial charge in [0.1, 0.15) is 22.7 Å². The Bertz CT molecular complexity index is 614. The molecule has 0 spiro atoms. The van der Waals surface area contributed by atoms with Crippen LogP contribution in [0.15, 0.2) is 28.5 Å². The summed E-state index contributed by atoms with van der Waals surface area (Å²) in [7, 11) is 0. The second-order valence-corrected chi connectivity index (χ2v) is 4.29. The zero-order chi connectivity index (χ0) is 13.1. The van der Waals surface area contributed by atoms with Gasteiger partial charge in [-0.15, -0.1) is 0 Å². The van der Waals surface area contributed by atoms with E-state index in [0.717, 1.165) is 11.8 Å². The van der Waals surface area contributed by atoms with Gasteiger partial charge in [0.15, 0.2) is 5.16 Å². The minimum absolute atomic E-state index is 0.275. The van der Waals surface area contributed by atoms with Crippen LogP contribution in [0.1, 0.15) is 5.56 Å². The first-order valence-electron chi connectivity index (χ1n) is 4.82. The maximum Gasteiger partial charge on any atom is 0.197 e. The van der Waals surface area contributed by atoms with Gasteiger partial charge in [0, 0.05) is 12.3 Å². The lowest BCUT2D eigenvalue weighted by molar-refractivity contribution is 0.977. The highest BCUT2D eigenvalue weighted by Gasteiger charge is 2.08. The minimum Gasteiger partial charge on any atom is -0.396 e. The Balaban J connectivity index is 2.31. The summed E-state index contributed by atoms with van der Waals surface area (Å²) in [5.41, 5.74) is 17.7. The monoisotopic (exact) mass is 259 g/mol. The molecule has 0 amide bonds. The summed E-state index contributed by atoms with van der Waals surface area (Å²) in [5, 5.41) is 9.56. The number of hydrogen-bond acceptors (Lipinski definition) is 8. The van der Waals surface area contributed by atoms with E-state index < -0.39 is 0 Å². The third-order valence-electron chi connectivity index (χ3n) is 1.94. The average Bonchev–Trinajstić information content (AvgIpc) is 2.30. The van der Waals surface area contributed by atoms with Gasteiger partial charge in [-0.3, -0.25) is 0 Å². The summed E-state index contributed by atoms with van der Waals surface area (Å²) < 4.78 is 0. The van der Waals surface area contributed by atoms with Crippen LogP contribution < -0.4 is 17.2 Å². The lowest BCUT2D eigenvalue weighted by Crippen LogP contribution is -2.00. The molecule has 0 aliphatic heterocycles. The maximum absolute atomic E-state index is 8.71. The van der Waals surface area contributed by atoms with Crippen molar-refractivity contribution in [3.05, 3.63) is 23.9 Å². The van der Waals surface area contributed by atoms with E-state index in [1.54, 1.807) is 0 Å². The van der Waals surface area contributed by atoms with E-state index >= 15 is 0 Å². The van der Waals surface area contributed by atoms with Crippen molar-refractivity contribution in [2.75, 3.05) is 17.2 Å². The van der Waals surface area contributed by atoms with Crippen LogP contribution in [0, 0.1) is 11.3 Å². The number of nitrogen functional groups attached to an aromatic ring is 3. The molecule has 0 saturated heterocycles. The Labute approximate surface area is 107 Å². The summed E-state index contributed by atoms with van der Waals surface area (Å²) in [6.07, 6.45) is 1.42. The molecule has 2 aromatic rings. The van der Waals surface area contributed by atoms with Crippen LogP contribution in [0.2, 0.25) is 0 Å². The third-order valence-corrected chi connectivity index (χ3v) is 2.84. The molecule has 90 valence electrons. The van der Waals surface area contributed by atoms with Gasteiger partial charge < -0.3 is 17.2 Å². The molecular weight excluding hydrogens is 250 g/mol. The van der Waals surface area contributed by atoms with E-state index in [1.165, 1.54) is 18.3 Å². The normalized spacial score (nSPS) is 9.94. The highest BCUT2D eigenvalue weighted by atomic mass is 32.2. The summed E-state index contributed by atoms with van der Waals surface area (Å²) in [5.74, 6) is 0.550. The number of pyridine rings is 1. The SMILES string of the molecule is N#Cc1cnc(Sc2nc(N)cc(N)n2)c(N)c1. The quantitative estimate of drug-likeness (QED) is 0.667. The van der Waals surface area contributed by atoms with E-state index in [1.807, 2.05) is 6.07 Å². The number of anilines is 3. The first-order valence-corrected chi connectivity index (χ1v) is 5.63. The van der Waals surface area contributed by atoms with Crippen LogP contribution in [-0.2, 0) is 0 Å². The Hall–Kier alpha value is -2.53. The van der Waals surface area contributed by atoms with E-state index in [0.29, 0.717) is 21.4 Å². The fourth-order valence-corrected chi connectivity index (χ4v) is 1.97. The molecule has 0 unspecified atom stereocenters. The van der Waals surface area contributed by atoms with Crippen molar-refractivity contribution >= 4 is 29.1 Å². The average molecular weight is 259 g/mol. The van der Waals surface area contributed by atoms with Gasteiger partial charge in [-0.25, -0.2) is 15.0 Å². The number of nitrogens with two attached hydrogens (primary N) is 3. The lowest BCUT2D eigenvalue weighted by atomic mass is 10.3. The van der Waals surface area contributed by atoms with Gasteiger partial charge in [0.2, 0.25) is 0 Å². The number of nitrogens with zero attached hydrogens (tertiary/aromatic N) is 4. The maximum atomic E-state index is 8.71. The molecule has 0 atom stereocenters. The van der Waals surface area contributed by atoms with Gasteiger partial charge in [0.25, 0.3) is 0 Å². The smallest absolute Gasteiger partial charge is 0.197 e. The number of aromatic nitrogens is 3. The Morgan fingerprint density at radius 1 is 1.11 bits per heavy atom. The van der Waals surface area contributed by atoms with Crippen molar-refractivity contribution < 1.29 is 0 Å². The topological polar surface area (TPSA) is 141 Å².